The molecule has 0 unspecified atom stereocenters. The maximum absolute atomic E-state index is 15.2. The van der Waals surface area contributed by atoms with Crippen LogP contribution in [0.4, 0.5) is 0 Å². The van der Waals surface area contributed by atoms with E-state index in [1.54, 1.807) is 12.1 Å². The predicted octanol–water partition coefficient (Wildman–Crippen LogP) is 5.62. The second-order valence-electron chi connectivity index (χ2n) is 21.4. The van der Waals surface area contributed by atoms with Crippen LogP contribution in [0, 0.1) is 16.7 Å². The molecular formula is C50H67N9O6S. The van der Waals surface area contributed by atoms with Crippen molar-refractivity contribution in [3.63, 3.8) is 0 Å². The normalized spacial score (nSPS) is 25.8. The number of pyridine rings is 1. The second-order valence-corrected chi connectivity index (χ2v) is 22.3. The number of benzene rings is 1. The number of hydrogen-bond acceptors (Lipinski definition) is 13. The first-order valence-electron chi connectivity index (χ1n) is 24.0. The SMILES string of the molecule is CO[C@@H](C)c1ncccc1-c1c2c3cc(ccc3n1C1CN(C3CC3)C1)-c1csc(n1)[C@@H](N1CC3(COC3)C1)[C@H](NC(=O)[C@H](C(C)C)N(C)C)C(=O)N1CCC[C@H](N1)C(=O)OCC(C)(C)C2. The van der Waals surface area contributed by atoms with Crippen LogP contribution in [-0.4, -0.2) is 150 Å². The Morgan fingerprint density at radius 3 is 2.48 bits per heavy atom. The molecule has 8 heterocycles. The molecule has 66 heavy (non-hydrogen) atoms. The van der Waals surface area contributed by atoms with Gasteiger partial charge in [-0.3, -0.25) is 39.1 Å². The van der Waals surface area contributed by atoms with E-state index in [0.29, 0.717) is 58.2 Å². The standard InChI is InChI=1S/C50H67N9O6S/c1-29(2)42(55(6)7)45(60)53-41-44(57-24-50(25-57)27-64-28-50)46-52-38(23-66-46)31-13-16-39-35(19-31)36(20-49(4,5)26-65-48(62)37-12-10-18-58(54-37)47(41)61)43(34-11-9-17-51-40(34)30(3)63-8)59(39)33-21-56(22-33)32-14-15-32/h9,11,13,16-17,19,23,29-30,32-33,37,41-42,44,54H,10,12,14-15,18,20-22,24-28H2,1-8H3,(H,53,60)/t30-,37-,41-,42-,44-/m0/s1. The molecule has 1 spiro atoms. The van der Waals surface area contributed by atoms with Gasteiger partial charge in [0.25, 0.3) is 5.91 Å². The number of nitrogens with zero attached hydrogens (tertiary/aromatic N) is 7. The molecule has 2 N–H and O–H groups in total. The van der Waals surface area contributed by atoms with Crippen molar-refractivity contribution < 1.29 is 28.6 Å². The number of amides is 2. The van der Waals surface area contributed by atoms with E-state index in [1.165, 1.54) is 29.7 Å². The summed E-state index contributed by atoms with van der Waals surface area (Å²) >= 11 is 1.53. The summed E-state index contributed by atoms with van der Waals surface area (Å²) in [7, 11) is 5.52. The summed E-state index contributed by atoms with van der Waals surface area (Å²) in [6.45, 7) is 15.7. The summed E-state index contributed by atoms with van der Waals surface area (Å²) < 4.78 is 20.5. The minimum Gasteiger partial charge on any atom is -0.464 e. The van der Waals surface area contributed by atoms with E-state index < -0.39 is 35.6 Å². The Labute approximate surface area is 392 Å². The topological polar surface area (TPSA) is 147 Å². The fourth-order valence-corrected chi connectivity index (χ4v) is 12.3. The van der Waals surface area contributed by atoms with Crippen LogP contribution in [0.5, 0.6) is 0 Å². The molecule has 6 aliphatic rings. The number of esters is 1. The van der Waals surface area contributed by atoms with Crippen LogP contribution >= 0.6 is 11.3 Å². The van der Waals surface area contributed by atoms with Gasteiger partial charge in [0.15, 0.2) is 0 Å². The van der Waals surface area contributed by atoms with Crippen molar-refractivity contribution in [2.24, 2.45) is 16.7 Å². The van der Waals surface area contributed by atoms with Gasteiger partial charge in [-0.2, -0.15) is 0 Å². The molecule has 0 radical (unpaired) electrons. The van der Waals surface area contributed by atoms with E-state index in [-0.39, 0.29) is 41.9 Å². The highest BCUT2D eigenvalue weighted by Crippen LogP contribution is 2.48. The lowest BCUT2D eigenvalue weighted by Crippen LogP contribution is -2.70. The molecule has 4 saturated heterocycles. The first kappa shape index (κ1) is 45.5. The molecule has 15 nitrogen and oxygen atoms in total. The summed E-state index contributed by atoms with van der Waals surface area (Å²) in [4.78, 5) is 61.0. The Morgan fingerprint density at radius 2 is 1.80 bits per heavy atom. The monoisotopic (exact) mass is 921 g/mol. The average Bonchev–Trinajstić information content (AvgIpc) is 3.88. The highest BCUT2D eigenvalue weighted by molar-refractivity contribution is 7.10. The third kappa shape index (κ3) is 8.38. The van der Waals surface area contributed by atoms with Gasteiger partial charge in [-0.1, -0.05) is 33.8 Å². The van der Waals surface area contributed by atoms with Crippen LogP contribution in [0.25, 0.3) is 33.4 Å². The van der Waals surface area contributed by atoms with Crippen molar-refractivity contribution in [3.05, 3.63) is 58.2 Å². The van der Waals surface area contributed by atoms with Crippen molar-refractivity contribution >= 4 is 40.0 Å². The Morgan fingerprint density at radius 1 is 1.03 bits per heavy atom. The zero-order valence-corrected chi connectivity index (χ0v) is 40.7. The van der Waals surface area contributed by atoms with Gasteiger partial charge in [-0.05, 0) is 88.9 Å². The zero-order valence-electron chi connectivity index (χ0n) is 39.8. The van der Waals surface area contributed by atoms with Crippen molar-refractivity contribution in [1.29, 1.82) is 0 Å². The van der Waals surface area contributed by atoms with Gasteiger partial charge in [-0.15, -0.1) is 11.3 Å². The Hall–Kier alpha value is -4.29. The number of likely N-dealkylation sites (tertiary alicyclic amines) is 2. The fourth-order valence-electron chi connectivity index (χ4n) is 11.3. The van der Waals surface area contributed by atoms with Gasteiger partial charge in [0.2, 0.25) is 5.91 Å². The number of methoxy groups -OCH3 is 1. The number of ether oxygens (including phenoxy) is 3. The predicted molar refractivity (Wildman–Crippen MR) is 253 cm³/mol. The van der Waals surface area contributed by atoms with Crippen molar-refractivity contribution in [2.45, 2.75) is 109 Å². The van der Waals surface area contributed by atoms with E-state index in [2.05, 4.69) is 75.5 Å². The second kappa shape index (κ2) is 17.7. The number of nitrogens with one attached hydrogen (secondary N) is 2. The number of thiazole rings is 1. The van der Waals surface area contributed by atoms with Gasteiger partial charge in [0.1, 0.15) is 17.1 Å². The van der Waals surface area contributed by atoms with Crippen molar-refractivity contribution in [3.8, 4) is 22.5 Å². The number of hydrazine groups is 1. The Kier molecular flexibility index (Phi) is 12.2. The highest BCUT2D eigenvalue weighted by Gasteiger charge is 2.55. The summed E-state index contributed by atoms with van der Waals surface area (Å²) in [6.07, 6.45) is 5.87. The molecular weight excluding hydrogens is 855 g/mol. The molecule has 354 valence electrons. The first-order chi connectivity index (χ1) is 31.6. The lowest BCUT2D eigenvalue weighted by molar-refractivity contribution is -0.202. The number of rotatable bonds is 10. The van der Waals surface area contributed by atoms with Crippen LogP contribution in [-0.2, 0) is 35.0 Å². The van der Waals surface area contributed by atoms with Gasteiger partial charge in [0, 0.05) is 90.3 Å². The number of cyclic esters (lactones) is 1. The zero-order chi connectivity index (χ0) is 46.2. The average molecular weight is 922 g/mol. The number of aromatic nitrogens is 3. The molecule has 6 bridgehead atoms. The molecule has 1 aliphatic carbocycles. The summed E-state index contributed by atoms with van der Waals surface area (Å²) in [5.41, 5.74) is 9.99. The van der Waals surface area contributed by atoms with Gasteiger partial charge >= 0.3 is 5.97 Å². The van der Waals surface area contributed by atoms with Gasteiger partial charge in [-0.25, -0.2) is 10.4 Å². The maximum atomic E-state index is 15.2. The lowest BCUT2D eigenvalue weighted by atomic mass is 9.76. The quantitative estimate of drug-likeness (QED) is 0.191. The Balaban J connectivity index is 1.14. The fraction of sp³-hybridized carbons (Fsp3) is 0.620. The number of carbonyl (C=O) groups is 3. The molecule has 10 rings (SSSR count). The maximum Gasteiger partial charge on any atom is 0.324 e. The number of likely N-dealkylation sites (N-methyl/N-ethyl adjacent to an activating group) is 1. The van der Waals surface area contributed by atoms with E-state index in [9.17, 15) is 9.59 Å². The van der Waals surface area contributed by atoms with Crippen molar-refractivity contribution in [2.75, 3.05) is 73.7 Å². The third-order valence-electron chi connectivity index (χ3n) is 15.0. The van der Waals surface area contributed by atoms with Crippen LogP contribution in [0.2, 0.25) is 0 Å². The van der Waals surface area contributed by atoms with E-state index in [1.807, 2.05) is 45.1 Å². The number of carbonyl (C=O) groups excluding carboxylic acids is 3. The third-order valence-corrected chi connectivity index (χ3v) is 15.9. The smallest absolute Gasteiger partial charge is 0.324 e. The van der Waals surface area contributed by atoms with Crippen LogP contribution in [0.3, 0.4) is 0 Å². The first-order valence-corrected chi connectivity index (χ1v) is 24.9. The summed E-state index contributed by atoms with van der Waals surface area (Å²) in [6, 6.07) is 9.08. The minimum atomic E-state index is -0.998. The minimum absolute atomic E-state index is 0.0140. The number of fused-ring (bicyclic) bond motifs is 6. The number of hydrogen-bond donors (Lipinski definition) is 2. The van der Waals surface area contributed by atoms with Crippen LogP contribution < -0.4 is 10.7 Å². The molecule has 3 aromatic heterocycles. The van der Waals surface area contributed by atoms with Crippen LogP contribution in [0.1, 0.15) is 94.8 Å². The van der Waals surface area contributed by atoms with Crippen LogP contribution in [0.15, 0.2) is 41.9 Å². The summed E-state index contributed by atoms with van der Waals surface area (Å²) in [5, 5.41) is 8.80. The molecule has 4 aromatic rings. The molecule has 5 aliphatic heterocycles. The van der Waals surface area contributed by atoms with Gasteiger partial charge < -0.3 is 24.1 Å². The van der Waals surface area contributed by atoms with Crippen molar-refractivity contribution in [1.82, 2.24) is 45.0 Å². The largest absolute Gasteiger partial charge is 0.464 e. The summed E-state index contributed by atoms with van der Waals surface area (Å²) in [5.74, 6) is -0.935. The lowest BCUT2D eigenvalue weighted by Gasteiger charge is -2.58. The molecule has 5 fully saturated rings. The molecule has 16 heteroatoms. The Bertz CT molecular complexity index is 2470. The van der Waals surface area contributed by atoms with E-state index in [0.717, 1.165) is 57.2 Å². The molecule has 1 saturated carbocycles. The highest BCUT2D eigenvalue weighted by atomic mass is 32.1. The van der Waals surface area contributed by atoms with E-state index in [4.69, 9.17) is 24.2 Å². The molecule has 2 amide bonds. The van der Waals surface area contributed by atoms with E-state index >= 15 is 4.79 Å². The van der Waals surface area contributed by atoms with Gasteiger partial charge in [0.05, 0.1) is 61.1 Å². The molecule has 5 atom stereocenters. The molecule has 1 aromatic carbocycles.